The van der Waals surface area contributed by atoms with Crippen molar-refractivity contribution in [1.82, 2.24) is 14.7 Å². The van der Waals surface area contributed by atoms with Gasteiger partial charge >= 0.3 is 12.2 Å². The standard InChI is InChI=1S/C46H55Cl4N3O9/c1-27-18-37(47)39(19-28(27)2)60-17-16-59-33-14-10-30(11-15-33)36-22-32-25-51(42(55)61-44(3,4)5)26-38(53(32)43(56)62-45(6,7)46(48,49)50)40(36)41(54)52(31-12-13-31)24-29-20-34(57-8)23-35(21-29)58-9/h10-11,14-15,18-21,23,31-32,38H,12-13,16-17,22,24-26H2,1-9H3. The van der Waals surface area contributed by atoms with Crippen LogP contribution in [0.15, 0.2) is 60.2 Å². The van der Waals surface area contributed by atoms with Crippen molar-refractivity contribution in [2.75, 3.05) is 40.5 Å². The first-order valence-corrected chi connectivity index (χ1v) is 22.0. The summed E-state index contributed by atoms with van der Waals surface area (Å²) in [6.07, 6.45) is 0.428. The molecule has 1 aliphatic carbocycles. The molecule has 3 amide bonds. The lowest BCUT2D eigenvalue weighted by molar-refractivity contribution is -0.129. The number of methoxy groups -OCH3 is 2. The zero-order chi connectivity index (χ0) is 45.3. The second kappa shape index (κ2) is 18.9. The quantitative estimate of drug-likeness (QED) is 0.122. The number of halogens is 4. The van der Waals surface area contributed by atoms with Gasteiger partial charge in [0, 0.05) is 37.3 Å². The number of alkyl halides is 3. The summed E-state index contributed by atoms with van der Waals surface area (Å²) in [5, 5.41) is 0.534. The second-order valence-corrected chi connectivity index (χ2v) is 20.1. The van der Waals surface area contributed by atoms with Crippen molar-refractivity contribution in [3.8, 4) is 23.0 Å². The molecule has 0 aromatic heterocycles. The van der Waals surface area contributed by atoms with Gasteiger partial charge in [0.2, 0.25) is 3.79 Å². The molecule has 0 radical (unpaired) electrons. The maximum absolute atomic E-state index is 15.5. The Labute approximate surface area is 384 Å². The van der Waals surface area contributed by atoms with Crippen molar-refractivity contribution in [1.29, 1.82) is 0 Å². The summed E-state index contributed by atoms with van der Waals surface area (Å²) in [7, 11) is 3.14. The van der Waals surface area contributed by atoms with Gasteiger partial charge in [-0.25, -0.2) is 9.59 Å². The van der Waals surface area contributed by atoms with Crippen molar-refractivity contribution in [2.24, 2.45) is 0 Å². The van der Waals surface area contributed by atoms with Crippen molar-refractivity contribution < 1.29 is 42.8 Å². The third-order valence-electron chi connectivity index (χ3n) is 11.1. The summed E-state index contributed by atoms with van der Waals surface area (Å²) in [4.78, 5) is 48.6. The molecule has 2 heterocycles. The number of amides is 3. The molecule has 12 nitrogen and oxygen atoms in total. The minimum atomic E-state index is -1.97. The van der Waals surface area contributed by atoms with Crippen LogP contribution in [0.5, 0.6) is 23.0 Å². The van der Waals surface area contributed by atoms with Crippen LogP contribution < -0.4 is 18.9 Å². The van der Waals surface area contributed by atoms with Crippen LogP contribution in [-0.4, -0.2) is 106 Å². The maximum Gasteiger partial charge on any atom is 0.411 e. The molecule has 1 saturated carbocycles. The minimum Gasteiger partial charge on any atom is -0.497 e. The molecular weight excluding hydrogens is 880 g/mol. The minimum absolute atomic E-state index is 0.0590. The fraction of sp³-hybridized carbons (Fsp3) is 0.500. The van der Waals surface area contributed by atoms with E-state index in [1.165, 1.54) is 18.7 Å². The van der Waals surface area contributed by atoms with Crippen LogP contribution in [0.3, 0.4) is 0 Å². The highest BCUT2D eigenvalue weighted by molar-refractivity contribution is 6.68. The Hall–Kier alpha value is -4.23. The zero-order valence-corrected chi connectivity index (χ0v) is 39.6. The number of fused-ring (bicyclic) bond motifs is 2. The van der Waals surface area contributed by atoms with Gasteiger partial charge in [-0.05, 0) is 132 Å². The molecule has 3 aromatic carbocycles. The molecular formula is C46H55Cl4N3O9. The van der Waals surface area contributed by atoms with Gasteiger partial charge < -0.3 is 38.2 Å². The largest absolute Gasteiger partial charge is 0.497 e. The average Bonchev–Trinajstić information content (AvgIpc) is 4.04. The molecule has 0 spiro atoms. The van der Waals surface area contributed by atoms with Gasteiger partial charge in [-0.2, -0.15) is 0 Å². The van der Waals surface area contributed by atoms with Gasteiger partial charge in [-0.15, -0.1) is 0 Å². The third kappa shape index (κ3) is 11.1. The van der Waals surface area contributed by atoms with Gasteiger partial charge in [0.05, 0.1) is 31.3 Å². The number of benzene rings is 3. The van der Waals surface area contributed by atoms with E-state index in [1.54, 1.807) is 46.0 Å². The van der Waals surface area contributed by atoms with E-state index in [2.05, 4.69) is 0 Å². The van der Waals surface area contributed by atoms with Gasteiger partial charge in [-0.1, -0.05) is 58.5 Å². The molecule has 2 fully saturated rings. The van der Waals surface area contributed by atoms with Crippen LogP contribution in [0.25, 0.3) is 5.57 Å². The average molecular weight is 936 g/mol. The van der Waals surface area contributed by atoms with E-state index in [-0.39, 0.29) is 51.2 Å². The first-order chi connectivity index (χ1) is 29.1. The van der Waals surface area contributed by atoms with E-state index in [1.807, 2.05) is 67.3 Å². The van der Waals surface area contributed by atoms with Crippen molar-refractivity contribution in [2.45, 2.75) is 107 Å². The van der Waals surface area contributed by atoms with E-state index < -0.39 is 39.3 Å². The molecule has 6 rings (SSSR count). The van der Waals surface area contributed by atoms with Crippen LogP contribution in [0.4, 0.5) is 9.59 Å². The normalized spacial score (nSPS) is 18.0. The molecule has 336 valence electrons. The Morgan fingerprint density at radius 2 is 1.39 bits per heavy atom. The Morgan fingerprint density at radius 1 is 0.774 bits per heavy atom. The summed E-state index contributed by atoms with van der Waals surface area (Å²) in [6, 6.07) is 15.1. The van der Waals surface area contributed by atoms with Gasteiger partial charge in [0.15, 0.2) is 5.60 Å². The Morgan fingerprint density at radius 3 is 1.97 bits per heavy atom. The Balaban J connectivity index is 1.39. The van der Waals surface area contributed by atoms with Crippen LogP contribution in [0.2, 0.25) is 5.02 Å². The summed E-state index contributed by atoms with van der Waals surface area (Å²) < 4.78 is 32.9. The summed E-state index contributed by atoms with van der Waals surface area (Å²) >= 11 is 25.3. The number of aryl methyl sites for hydroxylation is 2. The summed E-state index contributed by atoms with van der Waals surface area (Å²) in [5.74, 6) is 2.05. The second-order valence-electron chi connectivity index (χ2n) is 17.4. The van der Waals surface area contributed by atoms with Crippen molar-refractivity contribution in [3.05, 3.63) is 87.4 Å². The van der Waals surface area contributed by atoms with E-state index in [0.29, 0.717) is 33.6 Å². The molecule has 16 heteroatoms. The Bertz CT molecular complexity index is 2160. The lowest BCUT2D eigenvalue weighted by atomic mass is 9.81. The lowest BCUT2D eigenvalue weighted by Gasteiger charge is -2.51. The molecule has 2 unspecified atom stereocenters. The number of ether oxygens (including phenoxy) is 6. The highest BCUT2D eigenvalue weighted by atomic mass is 35.6. The molecule has 2 bridgehead atoms. The number of carbonyl (C=O) groups is 3. The van der Waals surface area contributed by atoms with Crippen molar-refractivity contribution in [3.63, 3.8) is 0 Å². The predicted octanol–water partition coefficient (Wildman–Crippen LogP) is 10.4. The fourth-order valence-electron chi connectivity index (χ4n) is 7.52. The molecule has 1 saturated heterocycles. The van der Waals surface area contributed by atoms with Gasteiger partial charge in [0.1, 0.15) is 41.8 Å². The molecule has 3 aliphatic rings. The topological polar surface area (TPSA) is 116 Å². The number of nitrogens with zero attached hydrogens (tertiary/aromatic N) is 3. The van der Waals surface area contributed by atoms with Gasteiger partial charge in [0.25, 0.3) is 5.91 Å². The molecule has 62 heavy (non-hydrogen) atoms. The smallest absolute Gasteiger partial charge is 0.411 e. The van der Waals surface area contributed by atoms with Gasteiger partial charge in [-0.3, -0.25) is 9.69 Å². The van der Waals surface area contributed by atoms with E-state index in [0.717, 1.165) is 40.7 Å². The summed E-state index contributed by atoms with van der Waals surface area (Å²) in [6.45, 7) is 13.1. The van der Waals surface area contributed by atoms with Crippen molar-refractivity contribution >= 4 is 70.1 Å². The van der Waals surface area contributed by atoms with Crippen LogP contribution in [0, 0.1) is 13.8 Å². The molecule has 2 aliphatic heterocycles. The third-order valence-corrected chi connectivity index (χ3v) is 12.8. The Kier molecular flexibility index (Phi) is 14.4. The van der Waals surface area contributed by atoms with Crippen LogP contribution >= 0.6 is 46.4 Å². The SMILES string of the molecule is COc1cc(CN(C(=O)C2=C(c3ccc(OCCOc4cc(C)c(C)cc4Cl)cc3)CC3CN(C(=O)OC(C)(C)C)CC2N3C(=O)OC(C)(C)C(Cl)(Cl)Cl)C2CC2)cc(OC)c1. The highest BCUT2D eigenvalue weighted by Gasteiger charge is 2.53. The monoisotopic (exact) mass is 933 g/mol. The zero-order valence-electron chi connectivity index (χ0n) is 36.6. The first kappa shape index (κ1) is 47.3. The number of hydrogen-bond donors (Lipinski definition) is 0. The van der Waals surface area contributed by atoms with E-state index in [4.69, 9.17) is 74.8 Å². The van der Waals surface area contributed by atoms with E-state index in [9.17, 15) is 9.59 Å². The summed E-state index contributed by atoms with van der Waals surface area (Å²) in [5.41, 5.74) is 2.42. The number of rotatable bonds is 13. The lowest BCUT2D eigenvalue weighted by Crippen LogP contribution is -2.66. The van der Waals surface area contributed by atoms with Crippen LogP contribution in [0.1, 0.15) is 76.1 Å². The molecule has 2 atom stereocenters. The fourth-order valence-corrected chi connectivity index (χ4v) is 7.91. The highest BCUT2D eigenvalue weighted by Crippen LogP contribution is 2.45. The number of piperazine rings is 1. The van der Waals surface area contributed by atoms with E-state index >= 15 is 4.79 Å². The maximum atomic E-state index is 15.5. The molecule has 0 N–H and O–H groups in total. The first-order valence-electron chi connectivity index (χ1n) is 20.5. The molecule has 3 aromatic rings. The number of hydrogen-bond acceptors (Lipinski definition) is 9. The predicted molar refractivity (Wildman–Crippen MR) is 241 cm³/mol. The number of carbonyl (C=O) groups excluding carboxylic acids is 3. The van der Waals surface area contributed by atoms with Crippen LogP contribution in [-0.2, 0) is 20.8 Å².